The second-order valence-electron chi connectivity index (χ2n) is 2.39. The maximum absolute atomic E-state index is 13.0. The van der Waals surface area contributed by atoms with Gasteiger partial charge in [-0.15, -0.1) is 0 Å². The van der Waals surface area contributed by atoms with Gasteiger partial charge in [0, 0.05) is 5.75 Å². The van der Waals surface area contributed by atoms with Crippen molar-refractivity contribution >= 4 is 9.73 Å². The summed E-state index contributed by atoms with van der Waals surface area (Å²) in [5.41, 5.74) is 0. The van der Waals surface area contributed by atoms with Gasteiger partial charge in [-0.3, -0.25) is 0 Å². The number of hydrogen-bond acceptors (Lipinski definition) is 2. The standard InChI is InChI=1S/C8H10FNOS/c1-2-12(10,11)8-6-4-3-5-7(8)9/h3-6,10H,2H2,1H3/t12-/m1/s1. The molecule has 0 spiro atoms. The minimum atomic E-state index is -2.90. The Labute approximate surface area is 71.4 Å². The quantitative estimate of drug-likeness (QED) is 0.758. The summed E-state index contributed by atoms with van der Waals surface area (Å²) in [5.74, 6) is -0.409. The molecule has 66 valence electrons. The Bertz CT molecular complexity index is 372. The maximum Gasteiger partial charge on any atom is 0.140 e. The van der Waals surface area contributed by atoms with Crippen LogP contribution in [0.4, 0.5) is 4.39 Å². The van der Waals surface area contributed by atoms with E-state index in [0.29, 0.717) is 0 Å². The molecule has 1 rings (SSSR count). The molecule has 0 fully saturated rings. The summed E-state index contributed by atoms with van der Waals surface area (Å²) in [6.07, 6.45) is 0. The van der Waals surface area contributed by atoms with Gasteiger partial charge in [0.2, 0.25) is 0 Å². The van der Waals surface area contributed by atoms with E-state index < -0.39 is 15.5 Å². The van der Waals surface area contributed by atoms with E-state index in [1.165, 1.54) is 18.2 Å². The van der Waals surface area contributed by atoms with E-state index in [1.54, 1.807) is 13.0 Å². The topological polar surface area (TPSA) is 40.9 Å². The van der Waals surface area contributed by atoms with Crippen LogP contribution >= 0.6 is 0 Å². The molecule has 1 atom stereocenters. The van der Waals surface area contributed by atoms with E-state index in [0.717, 1.165) is 0 Å². The minimum Gasteiger partial charge on any atom is -0.249 e. The van der Waals surface area contributed by atoms with Gasteiger partial charge in [-0.25, -0.2) is 13.4 Å². The molecular weight excluding hydrogens is 177 g/mol. The van der Waals surface area contributed by atoms with E-state index in [4.69, 9.17) is 4.78 Å². The number of halogens is 1. The SMILES string of the molecule is CC[S@@](=N)(=O)c1ccccc1F. The molecule has 4 heteroatoms. The zero-order valence-electron chi connectivity index (χ0n) is 6.71. The summed E-state index contributed by atoms with van der Waals surface area (Å²) in [6.45, 7) is 1.61. The van der Waals surface area contributed by atoms with Crippen LogP contribution in [0.15, 0.2) is 29.2 Å². The average Bonchev–Trinajstić information content (AvgIpc) is 2.05. The zero-order chi connectivity index (χ0) is 9.19. The van der Waals surface area contributed by atoms with Crippen LogP contribution in [-0.2, 0) is 9.73 Å². The number of nitrogens with one attached hydrogen (secondary N) is 1. The Morgan fingerprint density at radius 1 is 1.50 bits per heavy atom. The lowest BCUT2D eigenvalue weighted by molar-refractivity contribution is 0.593. The van der Waals surface area contributed by atoms with E-state index in [2.05, 4.69) is 0 Å². The lowest BCUT2D eigenvalue weighted by atomic mass is 10.3. The Morgan fingerprint density at radius 2 is 2.08 bits per heavy atom. The van der Waals surface area contributed by atoms with Gasteiger partial charge < -0.3 is 0 Å². The highest BCUT2D eigenvalue weighted by molar-refractivity contribution is 7.92. The normalized spacial score (nSPS) is 15.5. The second kappa shape index (κ2) is 3.23. The summed E-state index contributed by atoms with van der Waals surface area (Å²) in [7, 11) is -2.90. The summed E-state index contributed by atoms with van der Waals surface area (Å²) >= 11 is 0. The van der Waals surface area contributed by atoms with Gasteiger partial charge in [-0.2, -0.15) is 0 Å². The average molecular weight is 187 g/mol. The van der Waals surface area contributed by atoms with E-state index in [9.17, 15) is 8.60 Å². The molecule has 0 saturated heterocycles. The van der Waals surface area contributed by atoms with Crippen LogP contribution in [0.3, 0.4) is 0 Å². The molecule has 1 aromatic carbocycles. The predicted octanol–water partition coefficient (Wildman–Crippen LogP) is 2.25. The van der Waals surface area contributed by atoms with Crippen LogP contribution in [0.1, 0.15) is 6.92 Å². The molecule has 0 bridgehead atoms. The van der Waals surface area contributed by atoms with Gasteiger partial charge in [-0.05, 0) is 12.1 Å². The molecule has 0 unspecified atom stereocenters. The van der Waals surface area contributed by atoms with Crippen molar-refractivity contribution < 1.29 is 8.60 Å². The fourth-order valence-electron chi connectivity index (χ4n) is 0.868. The van der Waals surface area contributed by atoms with Crippen LogP contribution in [-0.4, -0.2) is 9.96 Å². The van der Waals surface area contributed by atoms with Crippen molar-refractivity contribution in [1.29, 1.82) is 4.78 Å². The fourth-order valence-corrected chi connectivity index (χ4v) is 1.86. The van der Waals surface area contributed by atoms with Crippen LogP contribution in [0.2, 0.25) is 0 Å². The van der Waals surface area contributed by atoms with Gasteiger partial charge in [0.15, 0.2) is 0 Å². The van der Waals surface area contributed by atoms with E-state index in [-0.39, 0.29) is 10.6 Å². The van der Waals surface area contributed by atoms with Crippen LogP contribution < -0.4 is 0 Å². The molecule has 0 aliphatic rings. The molecule has 1 aromatic rings. The van der Waals surface area contributed by atoms with Crippen molar-refractivity contribution in [2.45, 2.75) is 11.8 Å². The molecular formula is C8H10FNOS. The molecule has 0 heterocycles. The fraction of sp³-hybridized carbons (Fsp3) is 0.250. The summed E-state index contributed by atoms with van der Waals surface area (Å²) in [4.78, 5) is 0.00694. The van der Waals surface area contributed by atoms with Gasteiger partial charge in [0.05, 0.1) is 14.6 Å². The first-order chi connectivity index (χ1) is 5.58. The number of benzene rings is 1. The largest absolute Gasteiger partial charge is 0.249 e. The first-order valence-electron chi connectivity index (χ1n) is 3.59. The van der Waals surface area contributed by atoms with Crippen molar-refractivity contribution in [3.05, 3.63) is 30.1 Å². The van der Waals surface area contributed by atoms with Crippen molar-refractivity contribution in [2.24, 2.45) is 0 Å². The highest BCUT2D eigenvalue weighted by Gasteiger charge is 2.11. The monoisotopic (exact) mass is 187 g/mol. The van der Waals surface area contributed by atoms with Crippen molar-refractivity contribution in [2.75, 3.05) is 5.75 Å². The molecule has 12 heavy (non-hydrogen) atoms. The Morgan fingerprint density at radius 3 is 2.58 bits per heavy atom. The highest BCUT2D eigenvalue weighted by atomic mass is 32.2. The van der Waals surface area contributed by atoms with Gasteiger partial charge in [-0.1, -0.05) is 19.1 Å². The molecule has 0 aliphatic heterocycles. The maximum atomic E-state index is 13.0. The minimum absolute atomic E-state index is 0.00694. The van der Waals surface area contributed by atoms with Crippen LogP contribution in [0, 0.1) is 10.6 Å². The van der Waals surface area contributed by atoms with Crippen molar-refractivity contribution in [1.82, 2.24) is 0 Å². The Kier molecular flexibility index (Phi) is 2.47. The Hall–Kier alpha value is -0.900. The van der Waals surface area contributed by atoms with Gasteiger partial charge in [0.1, 0.15) is 5.82 Å². The smallest absolute Gasteiger partial charge is 0.140 e. The summed E-state index contributed by atoms with van der Waals surface area (Å²) in [5, 5.41) is 0. The van der Waals surface area contributed by atoms with E-state index >= 15 is 0 Å². The van der Waals surface area contributed by atoms with Crippen LogP contribution in [0.25, 0.3) is 0 Å². The third-order valence-electron chi connectivity index (χ3n) is 1.60. The van der Waals surface area contributed by atoms with Crippen LogP contribution in [0.5, 0.6) is 0 Å². The molecule has 0 amide bonds. The lowest BCUT2D eigenvalue weighted by Gasteiger charge is -2.04. The predicted molar refractivity (Wildman–Crippen MR) is 46.1 cm³/mol. The van der Waals surface area contributed by atoms with Crippen molar-refractivity contribution in [3.63, 3.8) is 0 Å². The first-order valence-corrected chi connectivity index (χ1v) is 5.31. The van der Waals surface area contributed by atoms with Gasteiger partial charge in [0.25, 0.3) is 0 Å². The molecule has 0 aromatic heterocycles. The summed E-state index contributed by atoms with van der Waals surface area (Å²) < 4.78 is 31.7. The Balaban J connectivity index is 3.30. The molecule has 0 saturated carbocycles. The number of rotatable bonds is 2. The van der Waals surface area contributed by atoms with E-state index in [1.807, 2.05) is 0 Å². The molecule has 0 aliphatic carbocycles. The van der Waals surface area contributed by atoms with Gasteiger partial charge >= 0.3 is 0 Å². The third kappa shape index (κ3) is 1.64. The summed E-state index contributed by atoms with van der Waals surface area (Å²) in [6, 6.07) is 5.72. The third-order valence-corrected chi connectivity index (χ3v) is 3.45. The first kappa shape index (κ1) is 9.19. The van der Waals surface area contributed by atoms with Crippen molar-refractivity contribution in [3.8, 4) is 0 Å². The molecule has 2 nitrogen and oxygen atoms in total. The highest BCUT2D eigenvalue weighted by Crippen LogP contribution is 2.15. The lowest BCUT2D eigenvalue weighted by Crippen LogP contribution is -2.03. The molecule has 0 radical (unpaired) electrons. The zero-order valence-corrected chi connectivity index (χ0v) is 7.53. The number of hydrogen-bond donors (Lipinski definition) is 1. The molecule has 1 N–H and O–H groups in total. The second-order valence-corrected chi connectivity index (χ2v) is 4.76.